The Bertz CT molecular complexity index is 852. The van der Waals surface area contributed by atoms with Gasteiger partial charge in [-0.05, 0) is 40.6 Å². The molecule has 1 aromatic heterocycles. The first-order valence-corrected chi connectivity index (χ1v) is 7.04. The van der Waals surface area contributed by atoms with Crippen LogP contribution in [-0.2, 0) is 11.8 Å². The van der Waals surface area contributed by atoms with Crippen LogP contribution in [0.4, 0.5) is 8.78 Å². The molecule has 3 rings (SSSR count). The quantitative estimate of drug-likeness (QED) is 0.546. The highest BCUT2D eigenvalue weighted by molar-refractivity contribution is 6.19. The second-order valence-electron chi connectivity index (χ2n) is 5.02. The summed E-state index contributed by atoms with van der Waals surface area (Å²) < 4.78 is 26.5. The first kappa shape index (κ1) is 15.7. The Morgan fingerprint density at radius 3 is 1.83 bits per heavy atom. The first-order valence-electron chi connectivity index (χ1n) is 7.04. The maximum Gasteiger partial charge on any atom is 0.208 e. The molecule has 0 bridgehead atoms. The number of tetrazole rings is 1. The summed E-state index contributed by atoms with van der Waals surface area (Å²) in [5.41, 5.74) is 1.81. The van der Waals surface area contributed by atoms with Crippen molar-refractivity contribution >= 4 is 17.4 Å². The zero-order chi connectivity index (χ0) is 17.1. The Morgan fingerprint density at radius 1 is 0.958 bits per heavy atom. The summed E-state index contributed by atoms with van der Waals surface area (Å²) in [5, 5.41) is 11.6. The molecule has 0 fully saturated rings. The Balaban J connectivity index is 2.27. The van der Waals surface area contributed by atoms with Crippen molar-refractivity contribution in [2.75, 3.05) is 0 Å². The summed E-state index contributed by atoms with van der Waals surface area (Å²) in [6.45, 7) is 0. The van der Waals surface area contributed by atoms with Crippen molar-refractivity contribution in [3.05, 3.63) is 77.1 Å². The minimum Gasteiger partial charge on any atom is -0.298 e. The zero-order valence-corrected chi connectivity index (χ0v) is 12.6. The average molecular weight is 326 g/mol. The molecule has 7 heteroatoms. The molecule has 0 N–H and O–H groups in total. The number of allylic oxidation sites excluding steroid dienone is 1. The lowest BCUT2D eigenvalue weighted by molar-refractivity contribution is -0.103. The van der Waals surface area contributed by atoms with Crippen LogP contribution in [0.1, 0.15) is 17.0 Å². The maximum absolute atomic E-state index is 13.2. The van der Waals surface area contributed by atoms with E-state index in [4.69, 9.17) is 0 Å². The molecular weight excluding hydrogens is 314 g/mol. The van der Waals surface area contributed by atoms with Crippen LogP contribution in [0.3, 0.4) is 0 Å². The molecule has 0 atom stereocenters. The number of hydrogen-bond acceptors (Lipinski definition) is 4. The topological polar surface area (TPSA) is 60.7 Å². The van der Waals surface area contributed by atoms with Crippen LogP contribution in [0.25, 0.3) is 11.1 Å². The van der Waals surface area contributed by atoms with Crippen molar-refractivity contribution in [2.24, 2.45) is 7.05 Å². The van der Waals surface area contributed by atoms with E-state index in [1.165, 1.54) is 53.3 Å². The third kappa shape index (κ3) is 3.10. The molecule has 0 saturated heterocycles. The van der Waals surface area contributed by atoms with Gasteiger partial charge in [-0.15, -0.1) is 10.2 Å². The lowest BCUT2D eigenvalue weighted by atomic mass is 9.93. The van der Waals surface area contributed by atoms with Gasteiger partial charge in [0.15, 0.2) is 6.29 Å². The summed E-state index contributed by atoms with van der Waals surface area (Å²) in [4.78, 5) is 12.9. The van der Waals surface area contributed by atoms with Crippen molar-refractivity contribution < 1.29 is 13.6 Å². The molecule has 0 aliphatic heterocycles. The zero-order valence-electron chi connectivity index (χ0n) is 12.6. The van der Waals surface area contributed by atoms with Crippen molar-refractivity contribution in [3.63, 3.8) is 0 Å². The van der Waals surface area contributed by atoms with Gasteiger partial charge in [-0.25, -0.2) is 8.78 Å². The number of carbonyl (C=O) groups excluding carboxylic acids is 1. The molecule has 0 aliphatic carbocycles. The molecule has 0 unspecified atom stereocenters. The van der Waals surface area contributed by atoms with Gasteiger partial charge in [0.25, 0.3) is 0 Å². The highest BCUT2D eigenvalue weighted by Gasteiger charge is 2.17. The molecule has 5 nitrogen and oxygen atoms in total. The summed E-state index contributed by atoms with van der Waals surface area (Å²) in [6, 6.07) is 11.3. The van der Waals surface area contributed by atoms with E-state index in [2.05, 4.69) is 15.4 Å². The molecular formula is C17H12F2N4O. The highest BCUT2D eigenvalue weighted by atomic mass is 19.1. The van der Waals surface area contributed by atoms with Gasteiger partial charge in [-0.2, -0.15) is 4.80 Å². The van der Waals surface area contributed by atoms with E-state index >= 15 is 0 Å². The van der Waals surface area contributed by atoms with Gasteiger partial charge in [0.05, 0.1) is 12.6 Å². The predicted molar refractivity (Wildman–Crippen MR) is 83.6 cm³/mol. The Labute approximate surface area is 136 Å². The van der Waals surface area contributed by atoms with Crippen LogP contribution < -0.4 is 0 Å². The fraction of sp³-hybridized carbons (Fsp3) is 0.0588. The summed E-state index contributed by atoms with van der Waals surface area (Å²) >= 11 is 0. The van der Waals surface area contributed by atoms with Crippen molar-refractivity contribution in [1.29, 1.82) is 0 Å². The van der Waals surface area contributed by atoms with Crippen LogP contribution >= 0.6 is 0 Å². The van der Waals surface area contributed by atoms with E-state index in [-0.39, 0.29) is 11.4 Å². The van der Waals surface area contributed by atoms with Crippen molar-refractivity contribution in [2.45, 2.75) is 0 Å². The van der Waals surface area contributed by atoms with E-state index in [9.17, 15) is 13.6 Å². The molecule has 0 saturated carbocycles. The Morgan fingerprint density at radius 2 is 1.46 bits per heavy atom. The second kappa shape index (κ2) is 6.49. The van der Waals surface area contributed by atoms with Gasteiger partial charge < -0.3 is 0 Å². The van der Waals surface area contributed by atoms with Crippen LogP contribution in [0.15, 0.2) is 48.5 Å². The monoisotopic (exact) mass is 326 g/mol. The third-order valence-corrected chi connectivity index (χ3v) is 3.40. The number of aldehydes is 1. The van der Waals surface area contributed by atoms with Gasteiger partial charge >= 0.3 is 0 Å². The lowest BCUT2D eigenvalue weighted by Crippen LogP contribution is -1.99. The maximum atomic E-state index is 13.2. The molecule has 0 aliphatic rings. The number of hydrogen-bond donors (Lipinski definition) is 0. The number of nitrogens with zero attached hydrogens (tertiary/aromatic N) is 4. The highest BCUT2D eigenvalue weighted by Crippen LogP contribution is 2.30. The number of aromatic nitrogens is 4. The number of aryl methyl sites for hydroxylation is 1. The minimum atomic E-state index is -0.400. The first-order chi connectivity index (χ1) is 11.6. The predicted octanol–water partition coefficient (Wildman–Crippen LogP) is 2.65. The molecule has 120 valence electrons. The van der Waals surface area contributed by atoms with Gasteiger partial charge in [0.2, 0.25) is 5.82 Å². The standard InChI is InChI=1S/C17H12F2N4O/c1-23-21-17(20-22-23)15(10-24)16(11-2-6-13(18)7-3-11)12-4-8-14(19)9-5-12/h2-10H,1H3. The average Bonchev–Trinajstić information content (AvgIpc) is 3.01. The fourth-order valence-electron chi connectivity index (χ4n) is 2.33. The Kier molecular flexibility index (Phi) is 4.24. The number of halogens is 2. The fourth-order valence-corrected chi connectivity index (χ4v) is 2.33. The van der Waals surface area contributed by atoms with Gasteiger partial charge in [-0.1, -0.05) is 24.3 Å². The number of carbonyl (C=O) groups is 1. The summed E-state index contributed by atoms with van der Waals surface area (Å²) in [6.07, 6.45) is 0.610. The van der Waals surface area contributed by atoms with Crippen molar-refractivity contribution in [3.8, 4) is 0 Å². The summed E-state index contributed by atoms with van der Waals surface area (Å²) in [5.74, 6) is -0.666. The van der Waals surface area contributed by atoms with E-state index in [0.717, 1.165) is 0 Å². The smallest absolute Gasteiger partial charge is 0.208 e. The molecule has 0 radical (unpaired) electrons. The second-order valence-corrected chi connectivity index (χ2v) is 5.02. The molecule has 24 heavy (non-hydrogen) atoms. The molecule has 1 heterocycles. The largest absolute Gasteiger partial charge is 0.298 e. The van der Waals surface area contributed by atoms with Gasteiger partial charge in [0.1, 0.15) is 11.6 Å². The minimum absolute atomic E-state index is 0.135. The van der Waals surface area contributed by atoms with E-state index in [1.807, 2.05) is 0 Å². The van der Waals surface area contributed by atoms with Crippen molar-refractivity contribution in [1.82, 2.24) is 20.2 Å². The lowest BCUT2D eigenvalue weighted by Gasteiger charge is -2.11. The number of rotatable bonds is 4. The van der Waals surface area contributed by atoms with E-state index in [0.29, 0.717) is 23.0 Å². The van der Waals surface area contributed by atoms with Gasteiger partial charge in [0, 0.05) is 5.57 Å². The molecule has 0 amide bonds. The van der Waals surface area contributed by atoms with E-state index in [1.54, 1.807) is 7.05 Å². The Hall–Kier alpha value is -3.22. The number of benzene rings is 2. The molecule has 3 aromatic rings. The SMILES string of the molecule is Cn1nnc(C(C=O)=C(c2ccc(F)cc2)c2ccc(F)cc2)n1. The molecule has 2 aromatic carbocycles. The molecule has 0 spiro atoms. The van der Waals surface area contributed by atoms with Crippen LogP contribution in [0.5, 0.6) is 0 Å². The van der Waals surface area contributed by atoms with Crippen LogP contribution in [0, 0.1) is 11.6 Å². The van der Waals surface area contributed by atoms with Crippen LogP contribution in [-0.4, -0.2) is 26.5 Å². The van der Waals surface area contributed by atoms with E-state index < -0.39 is 11.6 Å². The third-order valence-electron chi connectivity index (χ3n) is 3.40. The normalized spacial score (nSPS) is 10.5. The summed E-state index contributed by atoms with van der Waals surface area (Å²) in [7, 11) is 1.58. The van der Waals surface area contributed by atoms with Crippen LogP contribution in [0.2, 0.25) is 0 Å². The van der Waals surface area contributed by atoms with Gasteiger partial charge in [-0.3, -0.25) is 4.79 Å².